The summed E-state index contributed by atoms with van der Waals surface area (Å²) < 4.78 is 14.6. The van der Waals surface area contributed by atoms with Gasteiger partial charge >= 0.3 is 0 Å². The van der Waals surface area contributed by atoms with Crippen LogP contribution in [0.4, 0.5) is 5.82 Å². The minimum atomic E-state index is -2.29. The highest BCUT2D eigenvalue weighted by molar-refractivity contribution is 7.66. The molecule has 1 aromatic carbocycles. The van der Waals surface area contributed by atoms with E-state index in [1.807, 2.05) is 37.9 Å². The Morgan fingerprint density at radius 2 is 2.00 bits per heavy atom. The predicted octanol–water partition coefficient (Wildman–Crippen LogP) is 5.93. The van der Waals surface area contributed by atoms with Gasteiger partial charge < -0.3 is 19.6 Å². The first-order valence-electron chi connectivity index (χ1n) is 12.5. The number of nitrogens with one attached hydrogen (secondary N) is 1. The number of phenolic OH excluding ortho intramolecular Hbond substituents is 1. The average Bonchev–Trinajstić information content (AvgIpc) is 3.49. The van der Waals surface area contributed by atoms with Crippen LogP contribution in [0.25, 0.3) is 11.2 Å². The molecule has 0 bridgehead atoms. The van der Waals surface area contributed by atoms with Gasteiger partial charge in [0.25, 0.3) is 0 Å². The number of hydrogen-bond donors (Lipinski definition) is 2. The fraction of sp³-hybridized carbons (Fsp3) is 0.444. The van der Waals surface area contributed by atoms with Crippen LogP contribution < -0.4 is 5.32 Å². The van der Waals surface area contributed by atoms with Gasteiger partial charge in [0.05, 0.1) is 12.4 Å². The normalized spacial score (nSPS) is 20.9. The molecule has 1 saturated carbocycles. The number of aryl methyl sites for hydroxylation is 2. The van der Waals surface area contributed by atoms with Crippen molar-refractivity contribution in [2.75, 3.05) is 18.6 Å². The minimum absolute atomic E-state index is 0.0391. The van der Waals surface area contributed by atoms with Crippen LogP contribution in [0.3, 0.4) is 0 Å². The molecule has 1 unspecified atom stereocenters. The first kappa shape index (κ1) is 23.8. The number of allylic oxidation sites excluding steroid dienone is 2. The summed E-state index contributed by atoms with van der Waals surface area (Å²) in [5.41, 5.74) is 2.69. The molecular weight excluding hydrogens is 457 g/mol. The van der Waals surface area contributed by atoms with Crippen molar-refractivity contribution >= 4 is 24.1 Å². The fourth-order valence-electron chi connectivity index (χ4n) is 5.06. The highest BCUT2D eigenvalue weighted by Gasteiger charge is 2.26. The van der Waals surface area contributed by atoms with Crippen LogP contribution in [0, 0.1) is 5.92 Å². The van der Waals surface area contributed by atoms with Crippen molar-refractivity contribution in [3.63, 3.8) is 0 Å². The molecule has 35 heavy (non-hydrogen) atoms. The molecule has 0 aliphatic heterocycles. The Morgan fingerprint density at radius 1 is 1.20 bits per heavy atom. The number of fused-ring (bicyclic) bond motifs is 1. The summed E-state index contributed by atoms with van der Waals surface area (Å²) in [7, 11) is -2.29. The summed E-state index contributed by atoms with van der Waals surface area (Å²) in [6.45, 7) is 6.49. The highest BCUT2D eigenvalue weighted by atomic mass is 31.2. The largest absolute Gasteiger partial charge is 0.508 e. The van der Waals surface area contributed by atoms with Crippen LogP contribution in [0.15, 0.2) is 54.1 Å². The van der Waals surface area contributed by atoms with E-state index in [4.69, 9.17) is 15.0 Å². The lowest BCUT2D eigenvalue weighted by atomic mass is 9.97. The first-order chi connectivity index (χ1) is 16.8. The standard InChI is InChI=1S/C27H34N5O2P/c1-18-15-22(35(2,3)34)11-12-23(18)29-26-24-27(31-25(30-26)20-8-4-5-9-20)32(17-28-24)14-13-19-7-6-10-21(33)16-19/h6-7,10-12,15-18,20,23,33H,4-5,8-9,13-14H2,1-3H3,(H,29,30,31)/t18-,23?/m0/s1. The van der Waals surface area contributed by atoms with E-state index in [9.17, 15) is 9.67 Å². The second-order valence-corrected chi connectivity index (χ2v) is 13.5. The number of aromatic nitrogens is 4. The van der Waals surface area contributed by atoms with Crippen molar-refractivity contribution in [1.82, 2.24) is 19.5 Å². The zero-order valence-corrected chi connectivity index (χ0v) is 21.6. The summed E-state index contributed by atoms with van der Waals surface area (Å²) in [6, 6.07) is 7.42. The molecule has 2 N–H and O–H groups in total. The van der Waals surface area contributed by atoms with Gasteiger partial charge in [-0.05, 0) is 56.2 Å². The molecule has 8 heteroatoms. The van der Waals surface area contributed by atoms with Gasteiger partial charge in [-0.2, -0.15) is 0 Å². The Bertz CT molecular complexity index is 1330. The Hall–Kier alpha value is -2.92. The average molecular weight is 492 g/mol. The van der Waals surface area contributed by atoms with Crippen LogP contribution in [0.1, 0.15) is 49.9 Å². The van der Waals surface area contributed by atoms with Gasteiger partial charge in [0.1, 0.15) is 24.2 Å². The predicted molar refractivity (Wildman–Crippen MR) is 142 cm³/mol. The first-order valence-corrected chi connectivity index (χ1v) is 15.1. The Morgan fingerprint density at radius 3 is 2.71 bits per heavy atom. The van der Waals surface area contributed by atoms with Gasteiger partial charge in [0.2, 0.25) is 0 Å². The summed E-state index contributed by atoms with van der Waals surface area (Å²) in [6.07, 6.45) is 13.5. The maximum absolute atomic E-state index is 12.5. The molecule has 5 rings (SSSR count). The van der Waals surface area contributed by atoms with Gasteiger partial charge in [-0.15, -0.1) is 0 Å². The lowest BCUT2D eigenvalue weighted by Crippen LogP contribution is -2.27. The molecule has 2 atom stereocenters. The van der Waals surface area contributed by atoms with E-state index in [1.165, 1.54) is 12.8 Å². The van der Waals surface area contributed by atoms with E-state index in [0.29, 0.717) is 12.5 Å². The Labute approximate surface area is 206 Å². The quantitative estimate of drug-likeness (QED) is 0.398. The number of imidazole rings is 1. The van der Waals surface area contributed by atoms with Gasteiger partial charge in [0.15, 0.2) is 11.5 Å². The van der Waals surface area contributed by atoms with Gasteiger partial charge in [-0.3, -0.25) is 0 Å². The molecule has 2 aliphatic rings. The molecule has 0 radical (unpaired) electrons. The molecule has 1 fully saturated rings. The van der Waals surface area contributed by atoms with Crippen molar-refractivity contribution in [3.8, 4) is 5.75 Å². The SMILES string of the molecule is C[C@H]1C=C(P(C)(C)=O)C=CC1Nc1nc(C2CCCC2)nc2c1ncn2CCc1cccc(O)c1. The number of anilines is 1. The maximum atomic E-state index is 12.5. The van der Waals surface area contributed by atoms with Gasteiger partial charge in [-0.25, -0.2) is 15.0 Å². The molecule has 3 aromatic rings. The van der Waals surface area contributed by atoms with Crippen molar-refractivity contribution in [2.45, 2.75) is 57.5 Å². The summed E-state index contributed by atoms with van der Waals surface area (Å²) in [5, 5.41) is 14.4. The van der Waals surface area contributed by atoms with Gasteiger partial charge in [-0.1, -0.05) is 50.1 Å². The molecule has 2 aliphatic carbocycles. The van der Waals surface area contributed by atoms with E-state index in [0.717, 1.165) is 52.9 Å². The van der Waals surface area contributed by atoms with E-state index in [-0.39, 0.29) is 17.7 Å². The molecule has 0 spiro atoms. The van der Waals surface area contributed by atoms with Crippen molar-refractivity contribution in [2.24, 2.45) is 5.92 Å². The third kappa shape index (κ3) is 5.20. The number of benzene rings is 1. The summed E-state index contributed by atoms with van der Waals surface area (Å²) in [5.74, 6) is 2.50. The van der Waals surface area contributed by atoms with Crippen LogP contribution in [0.5, 0.6) is 5.75 Å². The van der Waals surface area contributed by atoms with Crippen molar-refractivity contribution in [1.29, 1.82) is 0 Å². The van der Waals surface area contributed by atoms with Crippen LogP contribution in [-0.4, -0.2) is 44.0 Å². The Kier molecular flexibility index (Phi) is 6.54. The third-order valence-corrected chi connectivity index (χ3v) is 8.69. The second kappa shape index (κ2) is 9.62. The number of aromatic hydroxyl groups is 1. The number of nitrogens with zero attached hydrogens (tertiary/aromatic N) is 4. The van der Waals surface area contributed by atoms with E-state index < -0.39 is 7.14 Å². The molecule has 184 valence electrons. The molecule has 2 aromatic heterocycles. The molecular formula is C27H34N5O2P. The number of phenols is 1. The minimum Gasteiger partial charge on any atom is -0.508 e. The zero-order chi connectivity index (χ0) is 24.6. The van der Waals surface area contributed by atoms with E-state index >= 15 is 0 Å². The fourth-order valence-corrected chi connectivity index (χ4v) is 6.10. The zero-order valence-electron chi connectivity index (χ0n) is 20.7. The van der Waals surface area contributed by atoms with E-state index in [1.54, 1.807) is 12.1 Å². The van der Waals surface area contributed by atoms with Gasteiger partial charge in [0, 0.05) is 17.8 Å². The Balaban J connectivity index is 1.45. The maximum Gasteiger partial charge on any atom is 0.165 e. The van der Waals surface area contributed by atoms with Crippen LogP contribution in [-0.2, 0) is 17.5 Å². The van der Waals surface area contributed by atoms with Crippen molar-refractivity contribution in [3.05, 3.63) is 65.5 Å². The molecule has 0 amide bonds. The van der Waals surface area contributed by atoms with Crippen LogP contribution in [0.2, 0.25) is 0 Å². The smallest absolute Gasteiger partial charge is 0.165 e. The summed E-state index contributed by atoms with van der Waals surface area (Å²) >= 11 is 0. The number of hydrogen-bond acceptors (Lipinski definition) is 6. The monoisotopic (exact) mass is 491 g/mol. The molecule has 2 heterocycles. The van der Waals surface area contributed by atoms with E-state index in [2.05, 4.69) is 29.0 Å². The number of rotatable bonds is 7. The lowest BCUT2D eigenvalue weighted by Gasteiger charge is -2.26. The molecule has 0 saturated heterocycles. The highest BCUT2D eigenvalue weighted by Crippen LogP contribution is 2.48. The molecule has 7 nitrogen and oxygen atoms in total. The summed E-state index contributed by atoms with van der Waals surface area (Å²) in [4.78, 5) is 14.7. The second-order valence-electron chi connectivity index (χ2n) is 10.3. The topological polar surface area (TPSA) is 92.9 Å². The third-order valence-electron chi connectivity index (χ3n) is 7.15. The lowest BCUT2D eigenvalue weighted by molar-refractivity contribution is 0.474. The van der Waals surface area contributed by atoms with Crippen LogP contribution >= 0.6 is 7.14 Å². The van der Waals surface area contributed by atoms with Crippen molar-refractivity contribution < 1.29 is 9.67 Å².